The van der Waals surface area contributed by atoms with E-state index >= 15 is 0 Å². The Balaban J connectivity index is 1.80. The maximum Gasteiger partial charge on any atom is 0.190 e. The molecule has 1 aromatic heterocycles. The normalized spacial score (nSPS) is 17.6. The fourth-order valence-electron chi connectivity index (χ4n) is 3.47. The molecule has 3 aromatic rings. The first-order valence-electron chi connectivity index (χ1n) is 9.28. The third kappa shape index (κ3) is 4.18. The zero-order valence-electron chi connectivity index (χ0n) is 15.6. The molecule has 0 radical (unpaired) electrons. The standard InChI is InChI=1S/C22H23ClN2OS/c1-15-5-10-20(16(2)12-15)24-22-25(13-19-4-3-11-26-19)21(14-27-22)17-6-8-18(23)9-7-17/h5-10,12,14,19H,3-4,11,13H2,1-2H3. The van der Waals surface area contributed by atoms with Gasteiger partial charge in [0.05, 0.1) is 24.0 Å². The molecule has 0 spiro atoms. The first kappa shape index (κ1) is 18.5. The van der Waals surface area contributed by atoms with Gasteiger partial charge in [0.2, 0.25) is 0 Å². The zero-order chi connectivity index (χ0) is 18.8. The highest BCUT2D eigenvalue weighted by atomic mass is 35.5. The van der Waals surface area contributed by atoms with Crippen molar-refractivity contribution in [3.63, 3.8) is 0 Å². The lowest BCUT2D eigenvalue weighted by molar-refractivity contribution is 0.0968. The van der Waals surface area contributed by atoms with Crippen LogP contribution in [0.3, 0.4) is 0 Å². The van der Waals surface area contributed by atoms with Gasteiger partial charge in [0, 0.05) is 17.0 Å². The number of aromatic nitrogens is 1. The summed E-state index contributed by atoms with van der Waals surface area (Å²) < 4.78 is 8.20. The van der Waals surface area contributed by atoms with Crippen molar-refractivity contribution in [3.8, 4) is 11.3 Å². The maximum atomic E-state index is 6.08. The number of hydrogen-bond donors (Lipinski definition) is 0. The fraction of sp³-hybridized carbons (Fsp3) is 0.318. The molecule has 0 saturated carbocycles. The summed E-state index contributed by atoms with van der Waals surface area (Å²) in [5.74, 6) is 0. The van der Waals surface area contributed by atoms with Gasteiger partial charge >= 0.3 is 0 Å². The SMILES string of the molecule is Cc1ccc(N=c2scc(-c3ccc(Cl)cc3)n2CC2CCCO2)c(C)c1. The number of hydrogen-bond acceptors (Lipinski definition) is 3. The number of halogens is 1. The number of thiazole rings is 1. The molecule has 27 heavy (non-hydrogen) atoms. The molecule has 0 amide bonds. The van der Waals surface area contributed by atoms with Crippen LogP contribution in [0.2, 0.25) is 5.02 Å². The number of aryl methyl sites for hydroxylation is 2. The van der Waals surface area contributed by atoms with Crippen molar-refractivity contribution in [2.45, 2.75) is 39.3 Å². The monoisotopic (exact) mass is 398 g/mol. The minimum atomic E-state index is 0.253. The van der Waals surface area contributed by atoms with E-state index in [1.807, 2.05) is 12.1 Å². The molecule has 1 aliphatic rings. The van der Waals surface area contributed by atoms with Gasteiger partial charge in [0.1, 0.15) is 0 Å². The van der Waals surface area contributed by atoms with Crippen LogP contribution in [0.4, 0.5) is 5.69 Å². The summed E-state index contributed by atoms with van der Waals surface area (Å²) in [6.07, 6.45) is 2.49. The third-order valence-electron chi connectivity index (χ3n) is 4.92. The van der Waals surface area contributed by atoms with Crippen LogP contribution < -0.4 is 4.80 Å². The van der Waals surface area contributed by atoms with Crippen LogP contribution >= 0.6 is 22.9 Å². The van der Waals surface area contributed by atoms with Gasteiger partial charge in [0.15, 0.2) is 4.80 Å². The second kappa shape index (κ2) is 8.01. The van der Waals surface area contributed by atoms with Gasteiger partial charge in [-0.25, -0.2) is 4.99 Å². The molecule has 1 aliphatic heterocycles. The molecule has 1 fully saturated rings. The summed E-state index contributed by atoms with van der Waals surface area (Å²) in [7, 11) is 0. The fourth-order valence-corrected chi connectivity index (χ4v) is 4.53. The van der Waals surface area contributed by atoms with Crippen LogP contribution in [0.25, 0.3) is 11.3 Å². The van der Waals surface area contributed by atoms with E-state index in [9.17, 15) is 0 Å². The van der Waals surface area contributed by atoms with Crippen LogP contribution in [0.15, 0.2) is 52.8 Å². The lowest BCUT2D eigenvalue weighted by Gasteiger charge is -2.14. The van der Waals surface area contributed by atoms with Gasteiger partial charge in [-0.05, 0) is 56.0 Å². The number of ether oxygens (including phenoxy) is 1. The predicted octanol–water partition coefficient (Wildman–Crippen LogP) is 5.90. The summed E-state index contributed by atoms with van der Waals surface area (Å²) in [4.78, 5) is 5.99. The van der Waals surface area contributed by atoms with Crippen LogP contribution in [0.1, 0.15) is 24.0 Å². The summed E-state index contributed by atoms with van der Waals surface area (Å²) in [5.41, 5.74) is 5.78. The van der Waals surface area contributed by atoms with Crippen LogP contribution in [0, 0.1) is 13.8 Å². The molecule has 2 heterocycles. The molecule has 1 atom stereocenters. The second-order valence-corrected chi connectivity index (χ2v) is 8.33. The Morgan fingerprint density at radius 1 is 1.19 bits per heavy atom. The second-order valence-electron chi connectivity index (χ2n) is 7.06. The number of rotatable bonds is 4. The quantitative estimate of drug-likeness (QED) is 0.537. The highest BCUT2D eigenvalue weighted by Gasteiger charge is 2.19. The van der Waals surface area contributed by atoms with E-state index in [1.165, 1.54) is 11.1 Å². The smallest absolute Gasteiger partial charge is 0.190 e. The average molecular weight is 399 g/mol. The molecule has 1 unspecified atom stereocenters. The van der Waals surface area contributed by atoms with Gasteiger partial charge in [0.25, 0.3) is 0 Å². The minimum Gasteiger partial charge on any atom is -0.376 e. The van der Waals surface area contributed by atoms with Gasteiger partial charge in [-0.2, -0.15) is 0 Å². The van der Waals surface area contributed by atoms with Crippen LogP contribution in [0.5, 0.6) is 0 Å². The minimum absolute atomic E-state index is 0.253. The summed E-state index contributed by atoms with van der Waals surface area (Å²) in [6.45, 7) is 5.91. The highest BCUT2D eigenvalue weighted by Crippen LogP contribution is 2.25. The van der Waals surface area contributed by atoms with Crippen molar-refractivity contribution in [1.29, 1.82) is 0 Å². The van der Waals surface area contributed by atoms with Crippen molar-refractivity contribution >= 4 is 28.6 Å². The third-order valence-corrected chi connectivity index (χ3v) is 6.03. The van der Waals surface area contributed by atoms with Crippen LogP contribution in [-0.2, 0) is 11.3 Å². The Kier molecular flexibility index (Phi) is 5.48. The van der Waals surface area contributed by atoms with Crippen molar-refractivity contribution in [3.05, 3.63) is 68.8 Å². The average Bonchev–Trinajstić information content (AvgIpc) is 3.29. The molecule has 5 heteroatoms. The largest absolute Gasteiger partial charge is 0.376 e. The molecule has 0 N–H and O–H groups in total. The summed E-state index contributed by atoms with van der Waals surface area (Å²) in [6, 6.07) is 14.4. The molecule has 4 rings (SSSR count). The van der Waals surface area contributed by atoms with Crippen molar-refractivity contribution in [1.82, 2.24) is 4.57 Å². The van der Waals surface area contributed by atoms with Crippen molar-refractivity contribution in [2.24, 2.45) is 4.99 Å². The Morgan fingerprint density at radius 2 is 2.00 bits per heavy atom. The molecule has 0 aliphatic carbocycles. The molecular weight excluding hydrogens is 376 g/mol. The van der Waals surface area contributed by atoms with E-state index in [-0.39, 0.29) is 6.10 Å². The molecule has 2 aromatic carbocycles. The Morgan fingerprint density at radius 3 is 2.70 bits per heavy atom. The predicted molar refractivity (Wildman–Crippen MR) is 113 cm³/mol. The van der Waals surface area contributed by atoms with Crippen LogP contribution in [-0.4, -0.2) is 17.3 Å². The maximum absolute atomic E-state index is 6.08. The van der Waals surface area contributed by atoms with E-state index in [4.69, 9.17) is 21.3 Å². The Labute approximate surface area is 168 Å². The summed E-state index contributed by atoms with van der Waals surface area (Å²) in [5, 5.41) is 2.93. The van der Waals surface area contributed by atoms with Gasteiger partial charge < -0.3 is 9.30 Å². The number of nitrogens with zero attached hydrogens (tertiary/aromatic N) is 2. The molecule has 140 valence electrons. The van der Waals surface area contributed by atoms with E-state index in [2.05, 4.69) is 54.1 Å². The van der Waals surface area contributed by atoms with Crippen molar-refractivity contribution < 1.29 is 4.74 Å². The highest BCUT2D eigenvalue weighted by molar-refractivity contribution is 7.07. The van der Waals surface area contributed by atoms with E-state index in [1.54, 1.807) is 11.3 Å². The van der Waals surface area contributed by atoms with Crippen molar-refractivity contribution in [2.75, 3.05) is 6.61 Å². The van der Waals surface area contributed by atoms with E-state index < -0.39 is 0 Å². The molecular formula is C22H23ClN2OS. The molecule has 3 nitrogen and oxygen atoms in total. The lowest BCUT2D eigenvalue weighted by atomic mass is 10.1. The zero-order valence-corrected chi connectivity index (χ0v) is 17.2. The molecule has 1 saturated heterocycles. The van der Waals surface area contributed by atoms with Gasteiger partial charge in [-0.1, -0.05) is 41.4 Å². The Hall–Kier alpha value is -1.88. The number of benzene rings is 2. The first-order valence-corrected chi connectivity index (χ1v) is 10.5. The lowest BCUT2D eigenvalue weighted by Crippen LogP contribution is -2.24. The van der Waals surface area contributed by atoms with E-state index in [0.717, 1.165) is 52.8 Å². The Bertz CT molecular complexity index is 998. The summed E-state index contributed by atoms with van der Waals surface area (Å²) >= 11 is 7.75. The topological polar surface area (TPSA) is 26.5 Å². The van der Waals surface area contributed by atoms with E-state index in [0.29, 0.717) is 0 Å². The van der Waals surface area contributed by atoms with Gasteiger partial charge in [-0.3, -0.25) is 0 Å². The van der Waals surface area contributed by atoms with Gasteiger partial charge in [-0.15, -0.1) is 11.3 Å². The first-order chi connectivity index (χ1) is 13.1. The molecule has 0 bridgehead atoms.